The van der Waals surface area contributed by atoms with Gasteiger partial charge in [-0.3, -0.25) is 4.79 Å². The quantitative estimate of drug-likeness (QED) is 0.630. The first-order chi connectivity index (χ1) is 10.9. The zero-order chi connectivity index (χ0) is 16.9. The van der Waals surface area contributed by atoms with Crippen LogP contribution in [-0.2, 0) is 5.41 Å². The number of benzene rings is 2. The molecule has 23 heavy (non-hydrogen) atoms. The van der Waals surface area contributed by atoms with Crippen molar-refractivity contribution in [1.29, 1.82) is 0 Å². The number of carbonyl (C=O) groups is 1. The summed E-state index contributed by atoms with van der Waals surface area (Å²) < 4.78 is 0. The maximum atomic E-state index is 12.1. The Morgan fingerprint density at radius 3 is 2.17 bits per heavy atom. The Morgan fingerprint density at radius 1 is 1.00 bits per heavy atom. The Balaban J connectivity index is 1.79. The fourth-order valence-corrected chi connectivity index (χ4v) is 2.96. The van der Waals surface area contributed by atoms with Crippen LogP contribution in [0.3, 0.4) is 0 Å². The average Bonchev–Trinajstić information content (AvgIpc) is 2.52. The van der Waals surface area contributed by atoms with Crippen LogP contribution < -0.4 is 5.32 Å². The monoisotopic (exact) mass is 327 g/mol. The van der Waals surface area contributed by atoms with E-state index in [0.29, 0.717) is 6.54 Å². The largest absolute Gasteiger partial charge is 0.351 e. The van der Waals surface area contributed by atoms with Crippen LogP contribution in [0, 0.1) is 6.92 Å². The molecular weight excluding hydrogens is 302 g/mol. The van der Waals surface area contributed by atoms with E-state index in [2.05, 4.69) is 57.3 Å². The number of hydrogen-bond acceptors (Lipinski definition) is 2. The summed E-state index contributed by atoms with van der Waals surface area (Å²) in [5.41, 5.74) is 3.34. The molecule has 122 valence electrons. The van der Waals surface area contributed by atoms with Crippen LogP contribution >= 0.6 is 11.8 Å². The fourth-order valence-electron chi connectivity index (χ4n) is 2.19. The van der Waals surface area contributed by atoms with Crippen molar-refractivity contribution in [2.45, 2.75) is 38.0 Å². The van der Waals surface area contributed by atoms with Gasteiger partial charge in [0.25, 0.3) is 5.91 Å². The highest BCUT2D eigenvalue weighted by Gasteiger charge is 2.14. The molecule has 0 saturated heterocycles. The number of hydrogen-bond donors (Lipinski definition) is 1. The molecule has 3 heteroatoms. The molecule has 0 fully saturated rings. The fraction of sp³-hybridized carbons (Fsp3) is 0.350. The van der Waals surface area contributed by atoms with Gasteiger partial charge >= 0.3 is 0 Å². The molecule has 0 aliphatic rings. The van der Waals surface area contributed by atoms with E-state index in [1.807, 2.05) is 24.3 Å². The first kappa shape index (κ1) is 17.6. The number of carbonyl (C=O) groups excluding carboxylic acids is 1. The molecule has 0 aliphatic heterocycles. The van der Waals surface area contributed by atoms with Gasteiger partial charge in [-0.05, 0) is 42.2 Å². The summed E-state index contributed by atoms with van der Waals surface area (Å²) in [6.07, 6.45) is 0. The van der Waals surface area contributed by atoms with E-state index in [-0.39, 0.29) is 11.3 Å². The van der Waals surface area contributed by atoms with E-state index in [4.69, 9.17) is 0 Å². The molecule has 0 unspecified atom stereocenters. The van der Waals surface area contributed by atoms with Gasteiger partial charge in [-0.15, -0.1) is 11.8 Å². The van der Waals surface area contributed by atoms with Crippen molar-refractivity contribution in [3.63, 3.8) is 0 Å². The van der Waals surface area contributed by atoms with E-state index >= 15 is 0 Å². The molecule has 2 aromatic carbocycles. The predicted octanol–water partition coefficient (Wildman–Crippen LogP) is 4.81. The minimum absolute atomic E-state index is 0.00466. The maximum absolute atomic E-state index is 12.1. The molecule has 1 N–H and O–H groups in total. The van der Waals surface area contributed by atoms with Crippen LogP contribution in [0.15, 0.2) is 53.4 Å². The lowest BCUT2D eigenvalue weighted by Gasteiger charge is -2.19. The van der Waals surface area contributed by atoms with Crippen molar-refractivity contribution in [2.75, 3.05) is 12.3 Å². The molecule has 0 aliphatic carbocycles. The van der Waals surface area contributed by atoms with Crippen molar-refractivity contribution >= 4 is 17.7 Å². The van der Waals surface area contributed by atoms with E-state index < -0.39 is 0 Å². The van der Waals surface area contributed by atoms with Crippen LogP contribution in [0.25, 0.3) is 0 Å². The van der Waals surface area contributed by atoms with Gasteiger partial charge in [-0.2, -0.15) is 0 Å². The lowest BCUT2D eigenvalue weighted by atomic mass is 9.87. The van der Waals surface area contributed by atoms with Gasteiger partial charge in [0.15, 0.2) is 0 Å². The van der Waals surface area contributed by atoms with Crippen molar-refractivity contribution in [1.82, 2.24) is 5.32 Å². The Labute approximate surface area is 143 Å². The van der Waals surface area contributed by atoms with Gasteiger partial charge in [0.2, 0.25) is 0 Å². The first-order valence-corrected chi connectivity index (χ1v) is 8.93. The van der Waals surface area contributed by atoms with Crippen molar-refractivity contribution < 1.29 is 4.79 Å². The minimum atomic E-state index is -0.00466. The molecular formula is C20H25NOS. The summed E-state index contributed by atoms with van der Waals surface area (Å²) in [6, 6.07) is 16.3. The molecule has 0 heterocycles. The molecule has 2 nitrogen and oxygen atoms in total. The first-order valence-electron chi connectivity index (χ1n) is 7.94. The second kappa shape index (κ2) is 7.69. The van der Waals surface area contributed by atoms with Crippen molar-refractivity contribution in [3.05, 3.63) is 65.2 Å². The average molecular weight is 327 g/mol. The smallest absolute Gasteiger partial charge is 0.251 e. The molecule has 0 atom stereocenters. The molecule has 0 radical (unpaired) electrons. The van der Waals surface area contributed by atoms with Crippen LogP contribution in [0.2, 0.25) is 0 Å². The zero-order valence-electron chi connectivity index (χ0n) is 14.3. The summed E-state index contributed by atoms with van der Waals surface area (Å²) in [5.74, 6) is 0.865. The van der Waals surface area contributed by atoms with Crippen LogP contribution in [0.5, 0.6) is 0 Å². The molecule has 2 aromatic rings. The third kappa shape index (κ3) is 5.43. The van der Waals surface area contributed by atoms with Crippen LogP contribution in [-0.4, -0.2) is 18.2 Å². The van der Waals surface area contributed by atoms with E-state index in [9.17, 15) is 4.79 Å². The van der Waals surface area contributed by atoms with E-state index in [1.54, 1.807) is 11.8 Å². The summed E-state index contributed by atoms with van der Waals surface area (Å²) >= 11 is 1.76. The summed E-state index contributed by atoms with van der Waals surface area (Å²) in [6.45, 7) is 9.26. The number of aryl methyl sites for hydroxylation is 1. The zero-order valence-corrected chi connectivity index (χ0v) is 15.2. The highest BCUT2D eigenvalue weighted by Crippen LogP contribution is 2.22. The van der Waals surface area contributed by atoms with Gasteiger partial charge in [0.1, 0.15) is 0 Å². The maximum Gasteiger partial charge on any atom is 0.251 e. The molecule has 0 saturated carbocycles. The lowest BCUT2D eigenvalue weighted by Crippen LogP contribution is -2.25. The second-order valence-corrected chi connectivity index (χ2v) is 7.91. The molecule has 0 bridgehead atoms. The highest BCUT2D eigenvalue weighted by molar-refractivity contribution is 7.99. The van der Waals surface area contributed by atoms with Crippen molar-refractivity contribution in [2.24, 2.45) is 0 Å². The van der Waals surface area contributed by atoms with Gasteiger partial charge in [0, 0.05) is 22.8 Å². The topological polar surface area (TPSA) is 29.1 Å². The molecule has 0 spiro atoms. The van der Waals surface area contributed by atoms with Crippen LogP contribution in [0.4, 0.5) is 0 Å². The lowest BCUT2D eigenvalue weighted by molar-refractivity contribution is 0.0956. The SMILES string of the molecule is Cc1ccc(SCCNC(=O)c2ccc(C(C)(C)C)cc2)cc1. The van der Waals surface area contributed by atoms with Gasteiger partial charge in [0.05, 0.1) is 0 Å². The molecule has 0 aromatic heterocycles. The third-order valence-electron chi connectivity index (χ3n) is 3.69. The van der Waals surface area contributed by atoms with Crippen molar-refractivity contribution in [3.8, 4) is 0 Å². The Morgan fingerprint density at radius 2 is 1.61 bits per heavy atom. The predicted molar refractivity (Wildman–Crippen MR) is 99.4 cm³/mol. The third-order valence-corrected chi connectivity index (χ3v) is 4.70. The van der Waals surface area contributed by atoms with Gasteiger partial charge in [-0.1, -0.05) is 50.6 Å². The Hall–Kier alpha value is -1.74. The summed E-state index contributed by atoms with van der Waals surface area (Å²) in [4.78, 5) is 13.4. The minimum Gasteiger partial charge on any atom is -0.351 e. The normalized spacial score (nSPS) is 11.3. The number of thioether (sulfide) groups is 1. The number of rotatable bonds is 5. The Kier molecular flexibility index (Phi) is 5.89. The van der Waals surface area contributed by atoms with Crippen LogP contribution in [0.1, 0.15) is 42.3 Å². The van der Waals surface area contributed by atoms with Gasteiger partial charge < -0.3 is 5.32 Å². The summed E-state index contributed by atoms with van der Waals surface area (Å²) in [7, 11) is 0. The van der Waals surface area contributed by atoms with Gasteiger partial charge in [-0.25, -0.2) is 0 Å². The standard InChI is InChI=1S/C20H25NOS/c1-15-5-11-18(12-6-15)23-14-13-21-19(22)16-7-9-17(10-8-16)20(2,3)4/h5-12H,13-14H2,1-4H3,(H,21,22). The molecule has 2 rings (SSSR count). The molecule has 1 amide bonds. The highest BCUT2D eigenvalue weighted by atomic mass is 32.2. The Bertz CT molecular complexity index is 639. The van der Waals surface area contributed by atoms with E-state index in [0.717, 1.165) is 11.3 Å². The number of amides is 1. The summed E-state index contributed by atoms with van der Waals surface area (Å²) in [5, 5.41) is 2.98. The van der Waals surface area contributed by atoms with E-state index in [1.165, 1.54) is 16.0 Å². The number of nitrogens with one attached hydrogen (secondary N) is 1. The second-order valence-electron chi connectivity index (χ2n) is 6.74.